The van der Waals surface area contributed by atoms with Crippen molar-refractivity contribution in [3.05, 3.63) is 69.8 Å². The van der Waals surface area contributed by atoms with E-state index in [1.54, 1.807) is 11.0 Å². The van der Waals surface area contributed by atoms with E-state index in [1.165, 1.54) is 12.1 Å². The van der Waals surface area contributed by atoms with Gasteiger partial charge in [-0.1, -0.05) is 30.3 Å². The van der Waals surface area contributed by atoms with Crippen LogP contribution in [0.5, 0.6) is 0 Å². The number of likely N-dealkylation sites (tertiary alicyclic amines) is 1. The van der Waals surface area contributed by atoms with Crippen molar-refractivity contribution in [3.8, 4) is 0 Å². The Bertz CT molecular complexity index is 746. The average Bonchev–Trinajstić information content (AvgIpc) is 3.04. The van der Waals surface area contributed by atoms with Crippen molar-refractivity contribution in [3.63, 3.8) is 0 Å². The lowest BCUT2D eigenvalue weighted by atomic mass is 10.0. The van der Waals surface area contributed by atoms with Gasteiger partial charge in [-0.15, -0.1) is 0 Å². The molecule has 0 bridgehead atoms. The Morgan fingerprint density at radius 2 is 1.96 bits per heavy atom. The lowest BCUT2D eigenvalue weighted by Gasteiger charge is -2.25. The highest BCUT2D eigenvalue weighted by atomic mass is 16.6. The topological polar surface area (TPSA) is 89.5 Å². The van der Waals surface area contributed by atoms with Gasteiger partial charge < -0.3 is 10.6 Å². The number of hydrogen-bond acceptors (Lipinski definition) is 4. The molecule has 2 N–H and O–H groups in total. The second kappa shape index (κ2) is 6.08. The van der Waals surface area contributed by atoms with E-state index in [0.717, 1.165) is 18.4 Å². The summed E-state index contributed by atoms with van der Waals surface area (Å²) in [5.74, 6) is -0.195. The van der Waals surface area contributed by atoms with Crippen LogP contribution in [0.1, 0.15) is 34.8 Å². The first-order chi connectivity index (χ1) is 11.1. The van der Waals surface area contributed by atoms with E-state index in [0.29, 0.717) is 12.1 Å². The zero-order valence-electron chi connectivity index (χ0n) is 12.5. The van der Waals surface area contributed by atoms with Gasteiger partial charge in [0.15, 0.2) is 0 Å². The van der Waals surface area contributed by atoms with E-state index in [1.807, 2.05) is 30.3 Å². The molecule has 23 heavy (non-hydrogen) atoms. The Kier molecular flexibility index (Phi) is 3.97. The number of amides is 1. The van der Waals surface area contributed by atoms with Crippen molar-refractivity contribution in [2.75, 3.05) is 12.3 Å². The number of hydrogen-bond donors (Lipinski definition) is 1. The number of carbonyl (C=O) groups is 1. The van der Waals surface area contributed by atoms with E-state index in [4.69, 9.17) is 5.73 Å². The number of nitrogen functional groups attached to an aromatic ring is 1. The lowest BCUT2D eigenvalue weighted by molar-refractivity contribution is -0.383. The first-order valence-electron chi connectivity index (χ1n) is 7.48. The highest BCUT2D eigenvalue weighted by Crippen LogP contribution is 2.33. The van der Waals surface area contributed by atoms with E-state index in [-0.39, 0.29) is 23.3 Å². The molecule has 3 rings (SSSR count). The monoisotopic (exact) mass is 311 g/mol. The molecule has 0 aromatic heterocycles. The molecule has 0 spiro atoms. The smallest absolute Gasteiger partial charge is 0.292 e. The summed E-state index contributed by atoms with van der Waals surface area (Å²) in [6, 6.07) is 14.1. The van der Waals surface area contributed by atoms with Crippen LogP contribution in [0.2, 0.25) is 0 Å². The van der Waals surface area contributed by atoms with Crippen LogP contribution < -0.4 is 5.73 Å². The van der Waals surface area contributed by atoms with E-state index >= 15 is 0 Å². The molecule has 1 amide bonds. The van der Waals surface area contributed by atoms with E-state index < -0.39 is 4.92 Å². The third-order valence-corrected chi connectivity index (χ3v) is 4.17. The van der Waals surface area contributed by atoms with E-state index in [9.17, 15) is 14.9 Å². The molecule has 2 aromatic carbocycles. The van der Waals surface area contributed by atoms with Gasteiger partial charge >= 0.3 is 0 Å². The van der Waals surface area contributed by atoms with Gasteiger partial charge in [0, 0.05) is 18.2 Å². The van der Waals surface area contributed by atoms with Crippen LogP contribution in [0.4, 0.5) is 11.4 Å². The summed E-state index contributed by atoms with van der Waals surface area (Å²) in [6.45, 7) is 0.649. The summed E-state index contributed by atoms with van der Waals surface area (Å²) < 4.78 is 0. The van der Waals surface area contributed by atoms with E-state index in [2.05, 4.69) is 0 Å². The molecule has 0 saturated carbocycles. The van der Waals surface area contributed by atoms with Gasteiger partial charge in [-0.3, -0.25) is 14.9 Å². The zero-order chi connectivity index (χ0) is 16.4. The molecule has 0 aliphatic carbocycles. The molecule has 6 nitrogen and oxygen atoms in total. The SMILES string of the molecule is Nc1ccc(C(=O)N2CCCC2c2ccccc2)cc1[N+](=O)[O-]. The zero-order valence-corrected chi connectivity index (χ0v) is 12.5. The molecule has 1 fully saturated rings. The Morgan fingerprint density at radius 1 is 1.22 bits per heavy atom. The molecule has 1 aliphatic rings. The van der Waals surface area contributed by atoms with Crippen molar-refractivity contribution >= 4 is 17.3 Å². The molecule has 1 atom stereocenters. The van der Waals surface area contributed by atoms with Crippen molar-refractivity contribution in [2.45, 2.75) is 18.9 Å². The van der Waals surface area contributed by atoms with Crippen molar-refractivity contribution in [2.24, 2.45) is 0 Å². The maximum atomic E-state index is 12.8. The maximum Gasteiger partial charge on any atom is 0.292 e. The third kappa shape index (κ3) is 2.88. The second-order valence-electron chi connectivity index (χ2n) is 5.60. The Hall–Kier alpha value is -2.89. The molecule has 1 heterocycles. The number of carbonyl (C=O) groups excluding carboxylic acids is 1. The molecule has 0 radical (unpaired) electrons. The predicted molar refractivity (Wildman–Crippen MR) is 87.0 cm³/mol. The molecule has 1 aliphatic heterocycles. The largest absolute Gasteiger partial charge is 0.393 e. The van der Waals surface area contributed by atoms with Crippen LogP contribution in [0.15, 0.2) is 48.5 Å². The molecule has 118 valence electrons. The van der Waals surface area contributed by atoms with Crippen LogP contribution in [-0.4, -0.2) is 22.3 Å². The highest BCUT2D eigenvalue weighted by molar-refractivity contribution is 5.96. The van der Waals surface area contributed by atoms with Crippen LogP contribution in [0.25, 0.3) is 0 Å². The fraction of sp³-hybridized carbons (Fsp3) is 0.235. The molecular formula is C17H17N3O3. The number of benzene rings is 2. The predicted octanol–water partition coefficient (Wildman–Crippen LogP) is 3.15. The molecular weight excluding hydrogens is 294 g/mol. The van der Waals surface area contributed by atoms with Gasteiger partial charge in [-0.25, -0.2) is 0 Å². The Balaban J connectivity index is 1.91. The highest BCUT2D eigenvalue weighted by Gasteiger charge is 2.31. The third-order valence-electron chi connectivity index (χ3n) is 4.17. The van der Waals surface area contributed by atoms with Crippen LogP contribution in [-0.2, 0) is 0 Å². The molecule has 1 saturated heterocycles. The van der Waals surface area contributed by atoms with Crippen molar-refractivity contribution < 1.29 is 9.72 Å². The van der Waals surface area contributed by atoms with Gasteiger partial charge in [0.2, 0.25) is 0 Å². The first-order valence-corrected chi connectivity index (χ1v) is 7.48. The number of nitrogens with zero attached hydrogens (tertiary/aromatic N) is 2. The van der Waals surface area contributed by atoms with Gasteiger partial charge in [0.05, 0.1) is 11.0 Å². The minimum absolute atomic E-state index is 0.0142. The number of rotatable bonds is 3. The van der Waals surface area contributed by atoms with Gasteiger partial charge in [-0.2, -0.15) is 0 Å². The quantitative estimate of drug-likeness (QED) is 0.535. The molecule has 1 unspecified atom stereocenters. The number of nitro groups is 1. The normalized spacial score (nSPS) is 17.2. The Morgan fingerprint density at radius 3 is 2.65 bits per heavy atom. The Labute approximate surface area is 133 Å². The van der Waals surface area contributed by atoms with Gasteiger partial charge in [-0.05, 0) is 30.5 Å². The first kappa shape index (κ1) is 15.0. The standard InChI is InChI=1S/C17H17N3O3/c18-14-9-8-13(11-16(14)20(22)23)17(21)19-10-4-7-15(19)12-5-2-1-3-6-12/h1-3,5-6,8-9,11,15H,4,7,10,18H2. The average molecular weight is 311 g/mol. The number of nitrogens with two attached hydrogens (primary N) is 1. The minimum atomic E-state index is -0.565. The summed E-state index contributed by atoms with van der Waals surface area (Å²) >= 11 is 0. The lowest BCUT2D eigenvalue weighted by Crippen LogP contribution is -2.30. The maximum absolute atomic E-state index is 12.8. The van der Waals surface area contributed by atoms with Crippen LogP contribution in [0.3, 0.4) is 0 Å². The van der Waals surface area contributed by atoms with Gasteiger partial charge in [0.25, 0.3) is 11.6 Å². The fourth-order valence-corrected chi connectivity index (χ4v) is 3.03. The van der Waals surface area contributed by atoms with Gasteiger partial charge in [0.1, 0.15) is 5.69 Å². The summed E-state index contributed by atoms with van der Waals surface area (Å²) in [5.41, 5.74) is 6.81. The van der Waals surface area contributed by atoms with Crippen LogP contribution >= 0.6 is 0 Å². The van der Waals surface area contributed by atoms with Crippen molar-refractivity contribution in [1.82, 2.24) is 4.90 Å². The van der Waals surface area contributed by atoms with Crippen LogP contribution in [0, 0.1) is 10.1 Å². The summed E-state index contributed by atoms with van der Waals surface area (Å²) in [6.07, 6.45) is 1.81. The number of anilines is 1. The number of nitro benzene ring substituents is 1. The fourth-order valence-electron chi connectivity index (χ4n) is 3.03. The second-order valence-corrected chi connectivity index (χ2v) is 5.60. The summed E-state index contributed by atoms with van der Waals surface area (Å²) in [5, 5.41) is 11.0. The summed E-state index contributed by atoms with van der Waals surface area (Å²) in [4.78, 5) is 25.0. The minimum Gasteiger partial charge on any atom is -0.393 e. The van der Waals surface area contributed by atoms with Crippen molar-refractivity contribution in [1.29, 1.82) is 0 Å². The molecule has 2 aromatic rings. The molecule has 6 heteroatoms. The summed E-state index contributed by atoms with van der Waals surface area (Å²) in [7, 11) is 0.